The van der Waals surface area contributed by atoms with E-state index in [1.54, 1.807) is 36.6 Å². The molecule has 0 aliphatic carbocycles. The predicted octanol–water partition coefficient (Wildman–Crippen LogP) is 5.01. The van der Waals surface area contributed by atoms with Gasteiger partial charge in [-0.3, -0.25) is 0 Å². The van der Waals surface area contributed by atoms with E-state index in [2.05, 4.69) is 50.4 Å². The minimum Gasteiger partial charge on any atom is -0.490 e. The number of ether oxygens (including phenoxy) is 2. The number of benzene rings is 1. The highest BCUT2D eigenvalue weighted by Crippen LogP contribution is 2.26. The third-order valence-corrected chi connectivity index (χ3v) is 5.79. The first kappa shape index (κ1) is 24.1. The molecule has 1 aromatic heterocycles. The summed E-state index contributed by atoms with van der Waals surface area (Å²) < 4.78 is 13.0. The van der Waals surface area contributed by atoms with Crippen molar-refractivity contribution >= 4 is 28.8 Å². The van der Waals surface area contributed by atoms with Crippen molar-refractivity contribution in [2.75, 3.05) is 20.3 Å². The highest BCUT2D eigenvalue weighted by Gasteiger charge is 2.19. The van der Waals surface area contributed by atoms with Crippen LogP contribution in [-0.2, 0) is 16.7 Å². The lowest BCUT2D eigenvalue weighted by atomic mass is 9.95. The van der Waals surface area contributed by atoms with Crippen LogP contribution in [0.15, 0.2) is 34.4 Å². The highest BCUT2D eigenvalue weighted by atomic mass is 35.5. The fraction of sp³-hybridized carbons (Fsp3) is 0.500. The summed E-state index contributed by atoms with van der Waals surface area (Å²) >= 11 is 7.83. The average Bonchev–Trinajstić information content (AvgIpc) is 3.05. The molecule has 30 heavy (non-hydrogen) atoms. The summed E-state index contributed by atoms with van der Waals surface area (Å²) in [5.74, 6) is 1.27. The Hall–Kier alpha value is -2.14. The van der Waals surface area contributed by atoms with E-state index in [1.165, 1.54) is 4.88 Å². The number of thiazole rings is 1. The smallest absolute Gasteiger partial charge is 0.207 e. The van der Waals surface area contributed by atoms with Crippen molar-refractivity contribution in [2.24, 2.45) is 15.9 Å². The van der Waals surface area contributed by atoms with E-state index in [0.29, 0.717) is 35.5 Å². The van der Waals surface area contributed by atoms with Gasteiger partial charge in [0.2, 0.25) is 6.19 Å². The summed E-state index contributed by atoms with van der Waals surface area (Å²) in [5.41, 5.74) is 0.565. The van der Waals surface area contributed by atoms with Crippen LogP contribution < -0.4 is 9.54 Å². The summed E-state index contributed by atoms with van der Waals surface area (Å²) in [6, 6.07) is 5.21. The molecule has 0 bridgehead atoms. The Balaban J connectivity index is 2.62. The summed E-state index contributed by atoms with van der Waals surface area (Å²) in [5, 5.41) is 9.82. The van der Waals surface area contributed by atoms with E-state index < -0.39 is 0 Å². The van der Waals surface area contributed by atoms with E-state index in [9.17, 15) is 5.26 Å². The van der Waals surface area contributed by atoms with Crippen molar-refractivity contribution in [1.29, 1.82) is 5.26 Å². The topological polar surface area (TPSA) is 71.9 Å². The lowest BCUT2D eigenvalue weighted by molar-refractivity contribution is 0.146. The Morgan fingerprint density at radius 2 is 2.03 bits per heavy atom. The van der Waals surface area contributed by atoms with Crippen LogP contribution in [0.1, 0.15) is 45.1 Å². The van der Waals surface area contributed by atoms with Crippen LogP contribution in [-0.4, -0.2) is 30.7 Å². The van der Waals surface area contributed by atoms with E-state index in [4.69, 9.17) is 26.1 Å². The Kier molecular flexibility index (Phi) is 8.65. The van der Waals surface area contributed by atoms with E-state index in [-0.39, 0.29) is 11.3 Å². The number of rotatable bonds is 7. The quantitative estimate of drug-likeness (QED) is 0.258. The summed E-state index contributed by atoms with van der Waals surface area (Å²) in [4.78, 5) is 10.8. The maximum Gasteiger partial charge on any atom is 0.207 e. The number of nitrogens with zero attached hydrogens (tertiary/aromatic N) is 4. The van der Waals surface area contributed by atoms with E-state index in [1.807, 2.05) is 6.19 Å². The van der Waals surface area contributed by atoms with Crippen LogP contribution in [0.2, 0.25) is 5.02 Å². The summed E-state index contributed by atoms with van der Waals surface area (Å²) in [7, 11) is 1.61. The van der Waals surface area contributed by atoms with Gasteiger partial charge in [0.25, 0.3) is 0 Å². The predicted molar refractivity (Wildman–Crippen MR) is 122 cm³/mol. The molecule has 2 rings (SSSR count). The number of methoxy groups -OCH3 is 1. The number of amidine groups is 1. The van der Waals surface area contributed by atoms with Crippen LogP contribution >= 0.6 is 22.9 Å². The lowest BCUT2D eigenvalue weighted by Gasteiger charge is -2.14. The van der Waals surface area contributed by atoms with Gasteiger partial charge in [-0.05, 0) is 29.5 Å². The van der Waals surface area contributed by atoms with Crippen molar-refractivity contribution in [1.82, 2.24) is 4.57 Å². The molecule has 2 aromatic rings. The zero-order valence-corrected chi connectivity index (χ0v) is 20.0. The SMILES string of the molecule is COCCOc1ccc(Cl)cc1C(=NC#N)N=c1sc(C(C)(C)C)cn1CC(C)C. The van der Waals surface area contributed by atoms with Crippen molar-refractivity contribution in [3.63, 3.8) is 0 Å². The molecule has 0 unspecified atom stereocenters. The van der Waals surface area contributed by atoms with Crippen molar-refractivity contribution in [2.45, 2.75) is 46.6 Å². The number of aromatic nitrogens is 1. The largest absolute Gasteiger partial charge is 0.490 e. The fourth-order valence-corrected chi connectivity index (χ4v) is 3.89. The summed E-state index contributed by atoms with van der Waals surface area (Å²) in [6.45, 7) is 12.5. The zero-order valence-electron chi connectivity index (χ0n) is 18.4. The third kappa shape index (κ3) is 6.69. The molecule has 0 N–H and O–H groups in total. The van der Waals surface area contributed by atoms with Crippen LogP contribution in [0.3, 0.4) is 0 Å². The molecule has 0 saturated carbocycles. The molecule has 1 heterocycles. The Morgan fingerprint density at radius 3 is 2.63 bits per heavy atom. The van der Waals surface area contributed by atoms with Gasteiger partial charge in [0.05, 0.1) is 12.2 Å². The molecule has 6 nitrogen and oxygen atoms in total. The third-order valence-electron chi connectivity index (χ3n) is 4.11. The molecular formula is C22H29ClN4O2S. The minimum absolute atomic E-state index is 0.00577. The second-order valence-electron chi connectivity index (χ2n) is 8.30. The molecule has 0 aliphatic heterocycles. The molecule has 162 valence electrons. The number of hydrogen-bond donors (Lipinski definition) is 0. The van der Waals surface area contributed by atoms with Gasteiger partial charge in [0, 0.05) is 29.8 Å². The molecule has 0 atom stereocenters. The molecule has 0 aliphatic rings. The monoisotopic (exact) mass is 448 g/mol. The number of nitriles is 1. The van der Waals surface area contributed by atoms with Crippen LogP contribution in [0.5, 0.6) is 5.75 Å². The van der Waals surface area contributed by atoms with Crippen LogP contribution in [0.4, 0.5) is 0 Å². The lowest BCUT2D eigenvalue weighted by Crippen LogP contribution is -2.19. The molecule has 1 aromatic carbocycles. The van der Waals surface area contributed by atoms with Crippen molar-refractivity contribution < 1.29 is 9.47 Å². The zero-order chi connectivity index (χ0) is 22.3. The first-order valence-electron chi connectivity index (χ1n) is 9.79. The molecule has 0 amide bonds. The standard InChI is InChI=1S/C22H29ClN4O2S/c1-15(2)12-27-13-19(22(3,4)5)30-21(27)26-20(25-14-24)17-11-16(23)7-8-18(17)29-10-9-28-6/h7-8,11,13,15H,9-10,12H2,1-6H3. The first-order valence-corrected chi connectivity index (χ1v) is 11.0. The van der Waals surface area contributed by atoms with Crippen LogP contribution in [0, 0.1) is 17.4 Å². The maximum atomic E-state index is 9.30. The van der Waals surface area contributed by atoms with Gasteiger partial charge >= 0.3 is 0 Å². The number of aliphatic imine (C=N–C) groups is 1. The van der Waals surface area contributed by atoms with E-state index in [0.717, 1.165) is 11.3 Å². The number of hydrogen-bond acceptors (Lipinski definition) is 5. The second-order valence-corrected chi connectivity index (χ2v) is 9.75. The molecule has 8 heteroatoms. The number of halogens is 1. The van der Waals surface area contributed by atoms with Gasteiger partial charge in [-0.15, -0.1) is 11.3 Å². The fourth-order valence-electron chi connectivity index (χ4n) is 2.66. The molecule has 0 spiro atoms. The highest BCUT2D eigenvalue weighted by molar-refractivity contribution is 7.09. The average molecular weight is 449 g/mol. The molecule has 0 radical (unpaired) electrons. The van der Waals surface area contributed by atoms with Gasteiger partial charge in [-0.25, -0.2) is 0 Å². The minimum atomic E-state index is -0.00577. The second kappa shape index (κ2) is 10.8. The first-order chi connectivity index (χ1) is 14.2. The van der Waals surface area contributed by atoms with Gasteiger partial charge in [-0.1, -0.05) is 46.2 Å². The Labute approximate surface area is 187 Å². The van der Waals surface area contributed by atoms with Crippen LogP contribution in [0.25, 0.3) is 0 Å². The Bertz CT molecular complexity index is 994. The normalized spacial score (nSPS) is 13.0. The van der Waals surface area contributed by atoms with Gasteiger partial charge in [0.1, 0.15) is 12.4 Å². The van der Waals surface area contributed by atoms with E-state index >= 15 is 0 Å². The summed E-state index contributed by atoms with van der Waals surface area (Å²) in [6.07, 6.45) is 4.00. The van der Waals surface area contributed by atoms with Crippen molar-refractivity contribution in [3.05, 3.63) is 44.7 Å². The van der Waals surface area contributed by atoms with Gasteiger partial charge in [0.15, 0.2) is 10.6 Å². The van der Waals surface area contributed by atoms with Gasteiger partial charge < -0.3 is 14.0 Å². The van der Waals surface area contributed by atoms with Crippen molar-refractivity contribution in [3.8, 4) is 11.9 Å². The Morgan fingerprint density at radius 1 is 1.30 bits per heavy atom. The molecular weight excluding hydrogens is 420 g/mol. The maximum absolute atomic E-state index is 9.30. The molecule has 0 fully saturated rings. The van der Waals surface area contributed by atoms with Gasteiger partial charge in [-0.2, -0.15) is 15.2 Å². The molecule has 0 saturated heterocycles.